The zero-order valence-corrected chi connectivity index (χ0v) is 4.85. The highest BCUT2D eigenvalue weighted by Gasteiger charge is 2.56. The lowest BCUT2D eigenvalue weighted by atomic mass is 10.1. The van der Waals surface area contributed by atoms with Crippen LogP contribution in [0.3, 0.4) is 0 Å². The number of nitrogens with one attached hydrogen (secondary N) is 1. The number of aliphatic hydroxyl groups excluding tert-OH is 1. The molecule has 0 aromatic heterocycles. The fraction of sp³-hybridized carbons (Fsp3) is 1.00. The zero-order chi connectivity index (χ0) is 5.61. The Morgan fingerprint density at radius 1 is 1.75 bits per heavy atom. The third-order valence-electron chi connectivity index (χ3n) is 2.54. The first-order valence-electron chi connectivity index (χ1n) is 3.19. The molecule has 0 aromatic rings. The maximum atomic E-state index is 8.83. The average Bonchev–Trinajstić information content (AvgIpc) is 2.38. The summed E-state index contributed by atoms with van der Waals surface area (Å²) in [4.78, 5) is 0. The van der Waals surface area contributed by atoms with Gasteiger partial charge in [-0.25, -0.2) is 0 Å². The third kappa shape index (κ3) is 0.400. The van der Waals surface area contributed by atoms with Crippen molar-refractivity contribution < 1.29 is 5.11 Å². The van der Waals surface area contributed by atoms with E-state index >= 15 is 0 Å². The highest BCUT2D eigenvalue weighted by molar-refractivity contribution is 5.08. The molecule has 8 heavy (non-hydrogen) atoms. The normalized spacial score (nSPS) is 51.4. The Balaban J connectivity index is 2.08. The van der Waals surface area contributed by atoms with E-state index in [0.29, 0.717) is 12.0 Å². The number of piperidine rings is 1. The number of fused-ring (bicyclic) bond motifs is 1. The topological polar surface area (TPSA) is 32.3 Å². The minimum atomic E-state index is 0.347. The van der Waals surface area contributed by atoms with Gasteiger partial charge in [-0.1, -0.05) is 0 Å². The molecule has 0 bridgehead atoms. The highest BCUT2D eigenvalue weighted by Crippen LogP contribution is 2.54. The second kappa shape index (κ2) is 1.25. The molecule has 46 valence electrons. The lowest BCUT2D eigenvalue weighted by Gasteiger charge is -2.03. The van der Waals surface area contributed by atoms with Crippen LogP contribution in [-0.2, 0) is 0 Å². The summed E-state index contributed by atoms with van der Waals surface area (Å²) in [5.41, 5.74) is 0.347. The SMILES string of the molecule is OC[C@@]12CNC[C@H]1C2. The van der Waals surface area contributed by atoms with Crippen molar-refractivity contribution in [1.82, 2.24) is 5.32 Å². The molecule has 0 unspecified atom stereocenters. The van der Waals surface area contributed by atoms with Crippen LogP contribution in [0, 0.1) is 11.3 Å². The molecule has 2 rings (SSSR count). The molecule has 1 saturated heterocycles. The Kier molecular flexibility index (Phi) is 0.746. The first kappa shape index (κ1) is 4.77. The van der Waals surface area contributed by atoms with E-state index < -0.39 is 0 Å². The van der Waals surface area contributed by atoms with Crippen LogP contribution in [0.1, 0.15) is 6.42 Å². The molecule has 0 radical (unpaired) electrons. The van der Waals surface area contributed by atoms with Crippen LogP contribution in [-0.4, -0.2) is 24.8 Å². The fourth-order valence-electron chi connectivity index (χ4n) is 1.68. The van der Waals surface area contributed by atoms with Crippen LogP contribution < -0.4 is 5.32 Å². The summed E-state index contributed by atoms with van der Waals surface area (Å²) in [6, 6.07) is 0. The van der Waals surface area contributed by atoms with E-state index in [9.17, 15) is 0 Å². The van der Waals surface area contributed by atoms with Gasteiger partial charge in [-0.2, -0.15) is 0 Å². The van der Waals surface area contributed by atoms with Crippen molar-refractivity contribution in [2.75, 3.05) is 19.7 Å². The maximum absolute atomic E-state index is 8.83. The molecule has 0 aromatic carbocycles. The minimum Gasteiger partial charge on any atom is -0.396 e. The first-order chi connectivity index (χ1) is 3.87. The summed E-state index contributed by atoms with van der Waals surface area (Å²) in [6.45, 7) is 2.58. The predicted molar refractivity (Wildman–Crippen MR) is 30.5 cm³/mol. The van der Waals surface area contributed by atoms with Gasteiger partial charge in [-0.3, -0.25) is 0 Å². The highest BCUT2D eigenvalue weighted by atomic mass is 16.3. The van der Waals surface area contributed by atoms with E-state index in [1.54, 1.807) is 0 Å². The molecule has 1 aliphatic carbocycles. The van der Waals surface area contributed by atoms with Gasteiger partial charge in [-0.15, -0.1) is 0 Å². The van der Waals surface area contributed by atoms with Crippen molar-refractivity contribution in [3.8, 4) is 0 Å². The molecule has 2 aliphatic rings. The summed E-state index contributed by atoms with van der Waals surface area (Å²) in [5, 5.41) is 12.1. The number of rotatable bonds is 1. The van der Waals surface area contributed by atoms with Gasteiger partial charge in [0.25, 0.3) is 0 Å². The van der Waals surface area contributed by atoms with Crippen molar-refractivity contribution in [2.24, 2.45) is 11.3 Å². The van der Waals surface area contributed by atoms with Crippen molar-refractivity contribution in [2.45, 2.75) is 6.42 Å². The van der Waals surface area contributed by atoms with Crippen LogP contribution in [0.5, 0.6) is 0 Å². The Bertz CT molecular complexity index is 111. The van der Waals surface area contributed by atoms with Crippen molar-refractivity contribution in [3.63, 3.8) is 0 Å². The van der Waals surface area contributed by atoms with E-state index in [2.05, 4.69) is 5.32 Å². The van der Waals surface area contributed by atoms with Crippen LogP contribution in [0.2, 0.25) is 0 Å². The molecule has 2 atom stereocenters. The Morgan fingerprint density at radius 3 is 2.88 bits per heavy atom. The number of hydrogen-bond acceptors (Lipinski definition) is 2. The van der Waals surface area contributed by atoms with Crippen LogP contribution in [0.25, 0.3) is 0 Å². The molecule has 1 aliphatic heterocycles. The van der Waals surface area contributed by atoms with E-state index in [0.717, 1.165) is 19.0 Å². The molecule has 0 amide bonds. The lowest BCUT2D eigenvalue weighted by molar-refractivity contribution is 0.214. The lowest BCUT2D eigenvalue weighted by Crippen LogP contribution is -2.18. The monoisotopic (exact) mass is 113 g/mol. The first-order valence-corrected chi connectivity index (χ1v) is 3.19. The number of hydrogen-bond donors (Lipinski definition) is 2. The van der Waals surface area contributed by atoms with Gasteiger partial charge in [-0.05, 0) is 18.9 Å². The standard InChI is InChI=1S/C6H11NO/c8-4-6-1-5(6)2-7-3-6/h5,7-8H,1-4H2/t5-,6-/m1/s1. The third-order valence-corrected chi connectivity index (χ3v) is 2.54. The van der Waals surface area contributed by atoms with Crippen LogP contribution in [0.4, 0.5) is 0 Å². The minimum absolute atomic E-state index is 0.347. The van der Waals surface area contributed by atoms with Gasteiger partial charge in [0.15, 0.2) is 0 Å². The Hall–Kier alpha value is -0.0800. The van der Waals surface area contributed by atoms with E-state index in [-0.39, 0.29) is 0 Å². The molecule has 1 saturated carbocycles. The molecule has 2 heteroatoms. The maximum Gasteiger partial charge on any atom is 0.0502 e. The van der Waals surface area contributed by atoms with Gasteiger partial charge < -0.3 is 10.4 Å². The summed E-state index contributed by atoms with van der Waals surface area (Å²) < 4.78 is 0. The second-order valence-electron chi connectivity index (χ2n) is 3.05. The van der Waals surface area contributed by atoms with E-state index in [1.165, 1.54) is 6.42 Å². The van der Waals surface area contributed by atoms with E-state index in [1.807, 2.05) is 0 Å². The summed E-state index contributed by atoms with van der Waals surface area (Å²) in [7, 11) is 0. The molecule has 2 fully saturated rings. The van der Waals surface area contributed by atoms with Gasteiger partial charge >= 0.3 is 0 Å². The van der Waals surface area contributed by atoms with Crippen LogP contribution in [0.15, 0.2) is 0 Å². The van der Waals surface area contributed by atoms with Crippen molar-refractivity contribution in [3.05, 3.63) is 0 Å². The largest absolute Gasteiger partial charge is 0.396 e. The summed E-state index contributed by atoms with van der Waals surface area (Å²) >= 11 is 0. The van der Waals surface area contributed by atoms with E-state index in [4.69, 9.17) is 5.11 Å². The molecule has 1 heterocycles. The van der Waals surface area contributed by atoms with Gasteiger partial charge in [0.1, 0.15) is 0 Å². The molecule has 0 spiro atoms. The molecule has 2 nitrogen and oxygen atoms in total. The molecule has 2 N–H and O–H groups in total. The van der Waals surface area contributed by atoms with Gasteiger partial charge in [0, 0.05) is 12.0 Å². The van der Waals surface area contributed by atoms with Gasteiger partial charge in [0.2, 0.25) is 0 Å². The fourth-order valence-corrected chi connectivity index (χ4v) is 1.68. The summed E-state index contributed by atoms with van der Waals surface area (Å²) in [6.07, 6.45) is 1.26. The quantitative estimate of drug-likeness (QED) is 0.484. The summed E-state index contributed by atoms with van der Waals surface area (Å²) in [5.74, 6) is 0.812. The van der Waals surface area contributed by atoms with Crippen LogP contribution >= 0.6 is 0 Å². The number of aliphatic hydroxyl groups is 1. The van der Waals surface area contributed by atoms with Crippen molar-refractivity contribution >= 4 is 0 Å². The van der Waals surface area contributed by atoms with Crippen molar-refractivity contribution in [1.29, 1.82) is 0 Å². The average molecular weight is 113 g/mol. The Morgan fingerprint density at radius 2 is 2.62 bits per heavy atom. The predicted octanol–water partition coefficient (Wildman–Crippen LogP) is -0.412. The molecular weight excluding hydrogens is 102 g/mol. The zero-order valence-electron chi connectivity index (χ0n) is 4.85. The molecular formula is C6H11NO. The van der Waals surface area contributed by atoms with Gasteiger partial charge in [0.05, 0.1) is 6.61 Å². The smallest absolute Gasteiger partial charge is 0.0502 e. The Labute approximate surface area is 48.9 Å². The second-order valence-corrected chi connectivity index (χ2v) is 3.05.